The van der Waals surface area contributed by atoms with Crippen LogP contribution in [0.25, 0.3) is 23.3 Å². The highest BCUT2D eigenvalue weighted by molar-refractivity contribution is 5.71. The molecule has 1 aromatic carbocycles. The van der Waals surface area contributed by atoms with Gasteiger partial charge in [0.2, 0.25) is 0 Å². The van der Waals surface area contributed by atoms with Crippen LogP contribution in [0.5, 0.6) is 0 Å². The molecule has 1 saturated carbocycles. The number of aryl methyl sites for hydroxylation is 1. The Morgan fingerprint density at radius 2 is 1.50 bits per heavy atom. The Morgan fingerprint density at radius 3 is 1.85 bits per heavy atom. The van der Waals surface area contributed by atoms with E-state index in [1.54, 1.807) is 11.6 Å². The molecule has 4 nitrogen and oxygen atoms in total. The van der Waals surface area contributed by atoms with Gasteiger partial charge in [-0.15, -0.1) is 6.58 Å². The van der Waals surface area contributed by atoms with E-state index in [-0.39, 0.29) is 5.56 Å². The van der Waals surface area contributed by atoms with E-state index in [9.17, 15) is 4.79 Å². The average molecular weight is 552 g/mol. The molecule has 4 heteroatoms. The van der Waals surface area contributed by atoms with E-state index in [0.717, 1.165) is 39.4 Å². The number of rotatable bonds is 6. The maximum Gasteiger partial charge on any atom is 0.258 e. The Kier molecular flexibility index (Phi) is 26.8. The maximum atomic E-state index is 13.0. The first-order chi connectivity index (χ1) is 19.1. The van der Waals surface area contributed by atoms with Crippen molar-refractivity contribution in [3.63, 3.8) is 0 Å². The van der Waals surface area contributed by atoms with Crippen molar-refractivity contribution in [1.29, 1.82) is 0 Å². The number of unbranched alkanes of at least 4 members (excludes halogenated alkanes) is 1. The minimum absolute atomic E-state index is 0.0510. The first-order valence-electron chi connectivity index (χ1n) is 15.0. The van der Waals surface area contributed by atoms with Crippen LogP contribution in [-0.2, 0) is 7.05 Å². The molecule has 0 radical (unpaired) electrons. The molecule has 1 aliphatic rings. The van der Waals surface area contributed by atoms with Crippen LogP contribution in [-0.4, -0.2) is 4.57 Å². The zero-order valence-electron chi connectivity index (χ0n) is 27.8. The molecular weight excluding hydrogens is 490 g/mol. The summed E-state index contributed by atoms with van der Waals surface area (Å²) in [5.41, 5.74) is 9.82. The standard InChI is InChI=1S/C21H25N3O.C4H10.C4H8.C3H6.2C2H6/c1-7-16-11-19(21(25)24(6)20(16)10-13(2)3)18-12-17(23-15(5)22)9-8-14(18)4;2*1-3-4-2;1-2-3-1;2*1-2/h7-12,23H,2,5,22H2,1,3-4,6H3;3-4H2,1-2H3;3H,1,4H2,2H3;1-3H2;2*1-2H3/b16-7-,20-10+;;;;;. The minimum Gasteiger partial charge on any atom is -0.386 e. The fraction of sp³-hybridized carbons (Fsp3) is 0.472. The second-order valence-electron chi connectivity index (χ2n) is 8.98. The smallest absolute Gasteiger partial charge is 0.258 e. The van der Waals surface area contributed by atoms with Crippen molar-refractivity contribution >= 4 is 17.8 Å². The van der Waals surface area contributed by atoms with Gasteiger partial charge in [-0.1, -0.05) is 118 Å². The van der Waals surface area contributed by atoms with E-state index >= 15 is 0 Å². The van der Waals surface area contributed by atoms with Gasteiger partial charge in [-0.25, -0.2) is 0 Å². The molecule has 1 aliphatic carbocycles. The zero-order chi connectivity index (χ0) is 31.7. The van der Waals surface area contributed by atoms with Crippen LogP contribution >= 0.6 is 0 Å². The summed E-state index contributed by atoms with van der Waals surface area (Å²) in [6, 6.07) is 7.73. The molecule has 0 saturated heterocycles. The fourth-order valence-corrected chi connectivity index (χ4v) is 2.79. The number of hydrogen-bond acceptors (Lipinski definition) is 3. The van der Waals surface area contributed by atoms with Gasteiger partial charge in [-0.3, -0.25) is 4.79 Å². The molecule has 1 aromatic heterocycles. The average Bonchev–Trinajstić information content (AvgIpc) is 3.85. The highest BCUT2D eigenvalue weighted by Crippen LogP contribution is 2.23. The molecule has 0 amide bonds. The third-order valence-corrected chi connectivity index (χ3v) is 5.16. The van der Waals surface area contributed by atoms with Gasteiger partial charge in [-0.2, -0.15) is 0 Å². The Bertz CT molecular complexity index is 1160. The molecule has 1 heterocycles. The largest absolute Gasteiger partial charge is 0.386 e. The predicted molar refractivity (Wildman–Crippen MR) is 185 cm³/mol. The van der Waals surface area contributed by atoms with Crippen LogP contribution in [0.1, 0.15) is 106 Å². The van der Waals surface area contributed by atoms with E-state index in [1.165, 1.54) is 32.1 Å². The molecule has 3 rings (SSSR count). The second-order valence-corrected chi connectivity index (χ2v) is 8.98. The van der Waals surface area contributed by atoms with Gasteiger partial charge in [0.15, 0.2) is 0 Å². The number of nitrogens with one attached hydrogen (secondary N) is 1. The molecule has 1 fully saturated rings. The van der Waals surface area contributed by atoms with E-state index in [4.69, 9.17) is 5.73 Å². The van der Waals surface area contributed by atoms with Crippen LogP contribution in [0.3, 0.4) is 0 Å². The fourth-order valence-electron chi connectivity index (χ4n) is 2.79. The van der Waals surface area contributed by atoms with Gasteiger partial charge in [0.1, 0.15) is 0 Å². The van der Waals surface area contributed by atoms with Crippen LogP contribution in [0.2, 0.25) is 0 Å². The maximum absolute atomic E-state index is 13.0. The van der Waals surface area contributed by atoms with Crippen molar-refractivity contribution in [3.8, 4) is 11.1 Å². The molecule has 3 N–H and O–H groups in total. The van der Waals surface area contributed by atoms with E-state index in [2.05, 4.69) is 45.8 Å². The van der Waals surface area contributed by atoms with Crippen molar-refractivity contribution in [3.05, 3.63) is 88.0 Å². The highest BCUT2D eigenvalue weighted by atomic mass is 16.1. The highest BCUT2D eigenvalue weighted by Gasteiger charge is 2.10. The molecule has 0 atom stereocenters. The number of pyridine rings is 1. The monoisotopic (exact) mass is 551 g/mol. The lowest BCUT2D eigenvalue weighted by molar-refractivity contribution is 0.820. The van der Waals surface area contributed by atoms with Crippen molar-refractivity contribution < 1.29 is 0 Å². The van der Waals surface area contributed by atoms with Gasteiger partial charge in [-0.05, 0) is 67.8 Å². The Labute approximate surface area is 247 Å². The third-order valence-electron chi connectivity index (χ3n) is 5.16. The number of nitrogens with zero attached hydrogens (tertiary/aromatic N) is 1. The molecule has 0 aliphatic heterocycles. The van der Waals surface area contributed by atoms with Gasteiger partial charge >= 0.3 is 0 Å². The van der Waals surface area contributed by atoms with E-state index in [0.29, 0.717) is 11.4 Å². The van der Waals surface area contributed by atoms with E-state index in [1.807, 2.05) is 91.0 Å². The molecule has 0 spiro atoms. The van der Waals surface area contributed by atoms with Crippen molar-refractivity contribution in [1.82, 2.24) is 4.57 Å². The number of allylic oxidation sites excluding steroid dienone is 2. The predicted octanol–water partition coefficient (Wildman–Crippen LogP) is 8.97. The molecule has 2 aromatic rings. The van der Waals surface area contributed by atoms with Crippen molar-refractivity contribution in [2.75, 3.05) is 5.32 Å². The summed E-state index contributed by atoms with van der Waals surface area (Å²) in [5, 5.41) is 4.83. The van der Waals surface area contributed by atoms with Crippen molar-refractivity contribution in [2.45, 2.75) is 108 Å². The summed E-state index contributed by atoms with van der Waals surface area (Å²) in [4.78, 5) is 13.0. The number of hydrogen-bond donors (Lipinski definition) is 2. The number of aromatic nitrogens is 1. The normalized spacial score (nSPS) is 11.2. The van der Waals surface area contributed by atoms with Crippen LogP contribution in [0, 0.1) is 6.92 Å². The second kappa shape index (κ2) is 26.0. The van der Waals surface area contributed by atoms with Gasteiger partial charge < -0.3 is 15.6 Å². The lowest BCUT2D eigenvalue weighted by atomic mass is 10.00. The van der Waals surface area contributed by atoms with Crippen LogP contribution in [0.4, 0.5) is 5.69 Å². The summed E-state index contributed by atoms with van der Waals surface area (Å²) in [6.07, 6.45) is 14.0. The molecular formula is C36H61N3O. The summed E-state index contributed by atoms with van der Waals surface area (Å²) < 4.78 is 1.67. The summed E-state index contributed by atoms with van der Waals surface area (Å²) in [5.74, 6) is 0.358. The summed E-state index contributed by atoms with van der Waals surface area (Å²) in [7, 11) is 1.78. The number of anilines is 1. The van der Waals surface area contributed by atoms with Crippen LogP contribution < -0.4 is 27.2 Å². The third kappa shape index (κ3) is 18.1. The zero-order valence-corrected chi connectivity index (χ0v) is 27.8. The Morgan fingerprint density at radius 1 is 1.00 bits per heavy atom. The summed E-state index contributed by atoms with van der Waals surface area (Å²) in [6.45, 7) is 31.3. The Balaban J connectivity index is -0.000000752. The van der Waals surface area contributed by atoms with Gasteiger partial charge in [0.25, 0.3) is 5.56 Å². The van der Waals surface area contributed by atoms with Crippen molar-refractivity contribution in [2.24, 2.45) is 12.8 Å². The molecule has 0 bridgehead atoms. The number of benzene rings is 1. The summed E-state index contributed by atoms with van der Waals surface area (Å²) >= 11 is 0. The topological polar surface area (TPSA) is 60.0 Å². The molecule has 0 unspecified atom stereocenters. The molecule has 226 valence electrons. The van der Waals surface area contributed by atoms with Gasteiger partial charge in [0, 0.05) is 18.3 Å². The van der Waals surface area contributed by atoms with Gasteiger partial charge in [0.05, 0.1) is 11.2 Å². The minimum atomic E-state index is -0.0510. The SMILES string of the molecule is C1CC1.C=C(C)/C=c1\c(=C/C)cc(-c2cc(NC(=C)N)ccc2C)c(=O)n1C.C=CCC.CC.CC.CCCC. The van der Waals surface area contributed by atoms with Crippen LogP contribution in [0.15, 0.2) is 66.3 Å². The quantitative estimate of drug-likeness (QED) is 0.352. The first-order valence-corrected chi connectivity index (χ1v) is 15.0. The van der Waals surface area contributed by atoms with E-state index < -0.39 is 0 Å². The lowest BCUT2D eigenvalue weighted by Gasteiger charge is -2.12. The lowest BCUT2D eigenvalue weighted by Crippen LogP contribution is -2.42. The first kappa shape index (κ1) is 41.2. The number of nitrogens with two attached hydrogens (primary N) is 1. The Hall–Kier alpha value is -3.27. The molecule has 40 heavy (non-hydrogen) atoms.